The summed E-state index contributed by atoms with van der Waals surface area (Å²) in [6.07, 6.45) is 7.88. The predicted octanol–water partition coefficient (Wildman–Crippen LogP) is 3.39. The van der Waals surface area contributed by atoms with E-state index in [1.54, 1.807) is 0 Å². The first-order chi connectivity index (χ1) is 10.0. The van der Waals surface area contributed by atoms with Crippen LogP contribution in [0.5, 0.6) is 0 Å². The topological polar surface area (TPSA) is 32.3 Å². The van der Waals surface area contributed by atoms with Gasteiger partial charge in [-0.15, -0.1) is 0 Å². The van der Waals surface area contributed by atoms with Crippen molar-refractivity contribution in [3.05, 3.63) is 0 Å². The summed E-state index contributed by atoms with van der Waals surface area (Å²) in [7, 11) is 0. The summed E-state index contributed by atoms with van der Waals surface area (Å²) >= 11 is 0. The van der Waals surface area contributed by atoms with Crippen LogP contribution in [-0.2, 0) is 4.79 Å². The molecular formula is C18H32N2O. The summed E-state index contributed by atoms with van der Waals surface area (Å²) in [5, 5.41) is 3.60. The maximum Gasteiger partial charge on any atom is 0.241 e. The van der Waals surface area contributed by atoms with Crippen molar-refractivity contribution in [1.29, 1.82) is 0 Å². The van der Waals surface area contributed by atoms with E-state index in [1.165, 1.54) is 25.7 Å². The minimum Gasteiger partial charge on any atom is -0.323 e. The fourth-order valence-corrected chi connectivity index (χ4v) is 5.25. The van der Waals surface area contributed by atoms with Crippen LogP contribution in [0, 0.1) is 23.7 Å². The quantitative estimate of drug-likeness (QED) is 0.842. The van der Waals surface area contributed by atoms with Gasteiger partial charge in [0.2, 0.25) is 5.91 Å². The largest absolute Gasteiger partial charge is 0.323 e. The average molecular weight is 292 g/mol. The van der Waals surface area contributed by atoms with Crippen molar-refractivity contribution in [3.63, 3.8) is 0 Å². The minimum absolute atomic E-state index is 0.0518. The first-order valence-electron chi connectivity index (χ1n) is 9.09. The molecule has 1 saturated heterocycles. The molecule has 120 valence electrons. The van der Waals surface area contributed by atoms with Gasteiger partial charge in [-0.3, -0.25) is 10.1 Å². The van der Waals surface area contributed by atoms with Gasteiger partial charge in [0, 0.05) is 6.04 Å². The van der Waals surface area contributed by atoms with E-state index in [-0.39, 0.29) is 12.2 Å². The van der Waals surface area contributed by atoms with Gasteiger partial charge in [-0.1, -0.05) is 27.2 Å². The summed E-state index contributed by atoms with van der Waals surface area (Å²) in [6, 6.07) is 0.471. The van der Waals surface area contributed by atoms with Crippen LogP contribution in [0.25, 0.3) is 0 Å². The van der Waals surface area contributed by atoms with E-state index in [4.69, 9.17) is 0 Å². The maximum atomic E-state index is 12.9. The maximum absolute atomic E-state index is 12.9. The number of rotatable bonds is 5. The molecule has 1 N–H and O–H groups in total. The van der Waals surface area contributed by atoms with Gasteiger partial charge in [0.25, 0.3) is 0 Å². The standard InChI is InChI=1S/C18H32N2O/c1-5-17-19-16(8-11(2)3)18(21)20(17)12(4)15-10-13-6-7-14(15)9-13/h11-17,19H,5-10H2,1-4H3. The Balaban J connectivity index is 1.71. The highest BCUT2D eigenvalue weighted by atomic mass is 16.2. The second kappa shape index (κ2) is 5.91. The lowest BCUT2D eigenvalue weighted by molar-refractivity contribution is -0.133. The van der Waals surface area contributed by atoms with Gasteiger partial charge >= 0.3 is 0 Å². The zero-order chi connectivity index (χ0) is 15.1. The van der Waals surface area contributed by atoms with Crippen LogP contribution < -0.4 is 5.32 Å². The summed E-state index contributed by atoms with van der Waals surface area (Å²) in [6.45, 7) is 8.92. The van der Waals surface area contributed by atoms with Crippen molar-refractivity contribution in [2.45, 2.75) is 84.5 Å². The molecule has 1 amide bonds. The average Bonchev–Trinajstić information content (AvgIpc) is 3.13. The van der Waals surface area contributed by atoms with E-state index in [0.29, 0.717) is 17.9 Å². The fraction of sp³-hybridized carbons (Fsp3) is 0.944. The monoisotopic (exact) mass is 292 g/mol. The van der Waals surface area contributed by atoms with E-state index in [0.717, 1.165) is 30.6 Å². The van der Waals surface area contributed by atoms with Crippen molar-refractivity contribution in [2.75, 3.05) is 0 Å². The van der Waals surface area contributed by atoms with Gasteiger partial charge in [-0.05, 0) is 62.7 Å². The Morgan fingerprint density at radius 3 is 2.52 bits per heavy atom. The number of carbonyl (C=O) groups is 1. The first-order valence-corrected chi connectivity index (χ1v) is 9.09. The third-order valence-corrected chi connectivity index (χ3v) is 6.23. The molecule has 0 aromatic heterocycles. The summed E-state index contributed by atoms with van der Waals surface area (Å²) < 4.78 is 0. The van der Waals surface area contributed by atoms with Crippen LogP contribution >= 0.6 is 0 Å². The van der Waals surface area contributed by atoms with Crippen LogP contribution in [0.15, 0.2) is 0 Å². The Morgan fingerprint density at radius 2 is 2.00 bits per heavy atom. The number of hydrogen-bond acceptors (Lipinski definition) is 2. The molecule has 1 aliphatic heterocycles. The normalized spacial score (nSPS) is 40.5. The van der Waals surface area contributed by atoms with Gasteiger partial charge in [0.1, 0.15) is 0 Å². The zero-order valence-electron chi connectivity index (χ0n) is 14.1. The van der Waals surface area contributed by atoms with E-state index < -0.39 is 0 Å². The number of carbonyl (C=O) groups excluding carboxylic acids is 1. The molecule has 3 fully saturated rings. The van der Waals surface area contributed by atoms with Gasteiger partial charge in [-0.25, -0.2) is 0 Å². The molecule has 21 heavy (non-hydrogen) atoms. The highest BCUT2D eigenvalue weighted by Crippen LogP contribution is 2.50. The second-order valence-corrected chi connectivity index (χ2v) is 8.10. The van der Waals surface area contributed by atoms with Crippen molar-refractivity contribution in [1.82, 2.24) is 10.2 Å². The first kappa shape index (κ1) is 15.3. The Hall–Kier alpha value is -0.570. The van der Waals surface area contributed by atoms with E-state index in [9.17, 15) is 4.79 Å². The van der Waals surface area contributed by atoms with Gasteiger partial charge in [-0.2, -0.15) is 0 Å². The van der Waals surface area contributed by atoms with Gasteiger partial charge in [0.05, 0.1) is 12.2 Å². The summed E-state index contributed by atoms with van der Waals surface area (Å²) in [4.78, 5) is 15.1. The van der Waals surface area contributed by atoms with E-state index in [1.807, 2.05) is 0 Å². The highest BCUT2D eigenvalue weighted by Gasteiger charge is 2.48. The molecule has 6 unspecified atom stereocenters. The molecule has 1 heterocycles. The molecule has 3 heteroatoms. The molecule has 3 rings (SSSR count). The van der Waals surface area contributed by atoms with Crippen molar-refractivity contribution in [3.8, 4) is 0 Å². The molecule has 2 aliphatic carbocycles. The predicted molar refractivity (Wildman–Crippen MR) is 85.7 cm³/mol. The molecule has 2 bridgehead atoms. The Bertz CT molecular complexity index is 395. The molecule has 0 radical (unpaired) electrons. The molecule has 0 spiro atoms. The number of hydrogen-bond donors (Lipinski definition) is 1. The minimum atomic E-state index is 0.0518. The molecule has 2 saturated carbocycles. The van der Waals surface area contributed by atoms with Gasteiger partial charge in [0.15, 0.2) is 0 Å². The third-order valence-electron chi connectivity index (χ3n) is 6.23. The molecule has 3 aliphatic rings. The Labute approximate surface area is 129 Å². The highest BCUT2D eigenvalue weighted by molar-refractivity contribution is 5.84. The van der Waals surface area contributed by atoms with Crippen LogP contribution in [0.2, 0.25) is 0 Å². The lowest BCUT2D eigenvalue weighted by atomic mass is 9.83. The molecule has 0 aromatic rings. The van der Waals surface area contributed by atoms with Crippen molar-refractivity contribution >= 4 is 5.91 Å². The van der Waals surface area contributed by atoms with Crippen LogP contribution in [0.4, 0.5) is 0 Å². The lowest BCUT2D eigenvalue weighted by Gasteiger charge is -2.37. The fourth-order valence-electron chi connectivity index (χ4n) is 5.25. The summed E-state index contributed by atoms with van der Waals surface area (Å²) in [5.41, 5.74) is 0. The van der Waals surface area contributed by atoms with Crippen LogP contribution in [0.3, 0.4) is 0 Å². The molecule has 3 nitrogen and oxygen atoms in total. The van der Waals surface area contributed by atoms with Gasteiger partial charge < -0.3 is 4.90 Å². The second-order valence-electron chi connectivity index (χ2n) is 8.10. The Kier molecular flexibility index (Phi) is 4.31. The van der Waals surface area contributed by atoms with E-state index >= 15 is 0 Å². The van der Waals surface area contributed by atoms with Crippen molar-refractivity contribution in [2.24, 2.45) is 23.7 Å². The summed E-state index contributed by atoms with van der Waals surface area (Å²) in [5.74, 6) is 3.54. The molecular weight excluding hydrogens is 260 g/mol. The molecule has 0 aromatic carbocycles. The third kappa shape index (κ3) is 2.74. The smallest absolute Gasteiger partial charge is 0.241 e. The number of nitrogens with one attached hydrogen (secondary N) is 1. The molecule has 6 atom stereocenters. The SMILES string of the molecule is CCC1NC(CC(C)C)C(=O)N1C(C)C1CC2CCC1C2. The van der Waals surface area contributed by atoms with E-state index in [2.05, 4.69) is 37.9 Å². The van der Waals surface area contributed by atoms with Crippen LogP contribution in [0.1, 0.15) is 66.2 Å². The lowest BCUT2D eigenvalue weighted by Crippen LogP contribution is -2.47. The van der Waals surface area contributed by atoms with Crippen LogP contribution in [-0.4, -0.2) is 29.1 Å². The zero-order valence-corrected chi connectivity index (χ0v) is 14.1. The Morgan fingerprint density at radius 1 is 1.24 bits per heavy atom. The number of fused-ring (bicyclic) bond motifs is 2. The van der Waals surface area contributed by atoms with Crippen molar-refractivity contribution < 1.29 is 4.79 Å². The number of amides is 1. The number of nitrogens with zero attached hydrogens (tertiary/aromatic N) is 1.